The predicted octanol–water partition coefficient (Wildman–Crippen LogP) is 3.45. The van der Waals surface area contributed by atoms with Gasteiger partial charge in [0.15, 0.2) is 0 Å². The second-order valence-electron chi connectivity index (χ2n) is 6.50. The highest BCUT2D eigenvalue weighted by Gasteiger charge is 2.23. The second-order valence-corrected chi connectivity index (χ2v) is 6.50. The fourth-order valence-corrected chi connectivity index (χ4v) is 1.94. The Morgan fingerprint density at radius 3 is 2.35 bits per heavy atom. The minimum atomic E-state index is -1.09. The van der Waals surface area contributed by atoms with Gasteiger partial charge < -0.3 is 15.2 Å². The third-order valence-corrected chi connectivity index (χ3v) is 3.06. The molecule has 1 atom stereocenters. The zero-order chi connectivity index (χ0) is 17.9. The molecule has 0 aliphatic rings. The van der Waals surface area contributed by atoms with Crippen molar-refractivity contribution in [1.82, 2.24) is 5.32 Å². The van der Waals surface area contributed by atoms with E-state index in [1.54, 1.807) is 26.8 Å². The van der Waals surface area contributed by atoms with Crippen molar-refractivity contribution in [2.75, 3.05) is 0 Å². The van der Waals surface area contributed by atoms with Crippen LogP contribution in [-0.4, -0.2) is 34.6 Å². The van der Waals surface area contributed by atoms with Crippen LogP contribution in [0.3, 0.4) is 0 Å². The monoisotopic (exact) mass is 327 g/mol. The van der Waals surface area contributed by atoms with Gasteiger partial charge in [0.2, 0.25) is 0 Å². The van der Waals surface area contributed by atoms with Crippen molar-refractivity contribution in [2.45, 2.75) is 77.4 Å². The number of amides is 1. The lowest BCUT2D eigenvalue weighted by atomic mass is 10.0. The Morgan fingerprint density at radius 2 is 1.83 bits per heavy atom. The molecule has 2 N–H and O–H groups in total. The molecule has 0 aliphatic carbocycles. The van der Waals surface area contributed by atoms with E-state index < -0.39 is 23.7 Å². The van der Waals surface area contributed by atoms with Gasteiger partial charge in [-0.15, -0.1) is 6.58 Å². The Balaban J connectivity index is 4.02. The molecule has 6 nitrogen and oxygen atoms in total. The number of carbonyl (C=O) groups is 3. The number of allylic oxidation sites excluding steroid dienone is 1. The van der Waals surface area contributed by atoms with Crippen LogP contribution in [0.4, 0.5) is 4.79 Å². The molecule has 23 heavy (non-hydrogen) atoms. The second kappa shape index (κ2) is 10.8. The van der Waals surface area contributed by atoms with Crippen molar-refractivity contribution in [2.24, 2.45) is 0 Å². The number of hydrogen-bond donors (Lipinski definition) is 2. The Bertz CT molecular complexity index is 412. The molecular formula is C17H29NO5. The number of nitrogens with one attached hydrogen (secondary N) is 1. The summed E-state index contributed by atoms with van der Waals surface area (Å²) >= 11 is 0. The highest BCUT2D eigenvalue weighted by atomic mass is 16.6. The average Bonchev–Trinajstić information content (AvgIpc) is 2.41. The summed E-state index contributed by atoms with van der Waals surface area (Å²) in [5, 5.41) is 11.5. The van der Waals surface area contributed by atoms with Crippen molar-refractivity contribution >= 4 is 17.8 Å². The molecule has 0 aliphatic heterocycles. The summed E-state index contributed by atoms with van der Waals surface area (Å²) in [5.41, 5.74) is -0.668. The van der Waals surface area contributed by atoms with Crippen molar-refractivity contribution in [3.63, 3.8) is 0 Å². The molecule has 0 saturated heterocycles. The number of carbonyl (C=O) groups excluding carboxylic acids is 2. The fraction of sp³-hybridized carbons (Fsp3) is 0.706. The Kier molecular flexibility index (Phi) is 9.94. The third kappa shape index (κ3) is 12.4. The minimum Gasteiger partial charge on any atom is -0.480 e. The van der Waals surface area contributed by atoms with Crippen LogP contribution in [-0.2, 0) is 14.3 Å². The van der Waals surface area contributed by atoms with Gasteiger partial charge in [0.05, 0.1) is 0 Å². The maximum Gasteiger partial charge on any atom is 0.408 e. The molecule has 1 amide bonds. The molecule has 0 fully saturated rings. The number of rotatable bonds is 11. The Labute approximate surface area is 138 Å². The van der Waals surface area contributed by atoms with Gasteiger partial charge in [0.1, 0.15) is 17.4 Å². The quantitative estimate of drug-likeness (QED) is 0.448. The lowest BCUT2D eigenvalue weighted by Gasteiger charge is -2.22. The number of alkyl carbamates (subject to hydrolysis) is 1. The standard InChI is InChI=1S/C17H29NO5/c1-5-6-10-13(19)11-8-7-9-12-14(15(20)21)18-16(22)23-17(2,3)4/h5,14H,1,6-12H2,2-4H3,(H,18,22)(H,20,21)/t14-/m0/s1. The molecule has 0 heterocycles. The maximum atomic E-state index is 11.6. The van der Waals surface area contributed by atoms with Gasteiger partial charge in [-0.1, -0.05) is 18.9 Å². The molecule has 132 valence electrons. The number of unbranched alkanes of at least 4 members (excludes halogenated alkanes) is 2. The summed E-state index contributed by atoms with van der Waals surface area (Å²) in [4.78, 5) is 34.2. The molecule has 6 heteroatoms. The number of carboxylic acid groups (broad SMARTS) is 1. The first-order chi connectivity index (χ1) is 10.7. The molecule has 0 aromatic heterocycles. The van der Waals surface area contributed by atoms with Crippen LogP contribution in [0.2, 0.25) is 0 Å². The summed E-state index contributed by atoms with van der Waals surface area (Å²) in [6, 6.07) is -0.971. The van der Waals surface area contributed by atoms with Crippen LogP contribution in [0.25, 0.3) is 0 Å². The van der Waals surface area contributed by atoms with Gasteiger partial charge >= 0.3 is 12.1 Å². The van der Waals surface area contributed by atoms with Gasteiger partial charge in [-0.05, 0) is 40.0 Å². The summed E-state index contributed by atoms with van der Waals surface area (Å²) in [6.07, 6.45) is 5.12. The first kappa shape index (κ1) is 21.1. The van der Waals surface area contributed by atoms with E-state index in [0.717, 1.165) is 12.8 Å². The van der Waals surface area contributed by atoms with Gasteiger partial charge in [0.25, 0.3) is 0 Å². The summed E-state index contributed by atoms with van der Waals surface area (Å²) < 4.78 is 5.05. The molecule has 0 radical (unpaired) electrons. The van der Waals surface area contributed by atoms with E-state index >= 15 is 0 Å². The third-order valence-electron chi connectivity index (χ3n) is 3.06. The number of hydrogen-bond acceptors (Lipinski definition) is 4. The summed E-state index contributed by atoms with van der Waals surface area (Å²) in [5.74, 6) is -0.885. The molecule has 0 unspecified atom stereocenters. The van der Waals surface area contributed by atoms with Crippen molar-refractivity contribution in [3.8, 4) is 0 Å². The molecular weight excluding hydrogens is 298 g/mol. The van der Waals surface area contributed by atoms with Crippen LogP contribution >= 0.6 is 0 Å². The topological polar surface area (TPSA) is 92.7 Å². The van der Waals surface area contributed by atoms with Crippen molar-refractivity contribution in [1.29, 1.82) is 0 Å². The van der Waals surface area contributed by atoms with Crippen molar-refractivity contribution < 1.29 is 24.2 Å². The van der Waals surface area contributed by atoms with E-state index in [2.05, 4.69) is 11.9 Å². The van der Waals surface area contributed by atoms with Gasteiger partial charge in [-0.3, -0.25) is 4.79 Å². The highest BCUT2D eigenvalue weighted by molar-refractivity contribution is 5.80. The van der Waals surface area contributed by atoms with Gasteiger partial charge in [-0.2, -0.15) is 0 Å². The van der Waals surface area contributed by atoms with E-state index in [1.807, 2.05) is 0 Å². The Morgan fingerprint density at radius 1 is 1.17 bits per heavy atom. The van der Waals surface area contributed by atoms with E-state index in [1.165, 1.54) is 0 Å². The molecule has 0 aromatic carbocycles. The zero-order valence-corrected chi connectivity index (χ0v) is 14.4. The predicted molar refractivity (Wildman–Crippen MR) is 88.3 cm³/mol. The number of ketones is 1. The first-order valence-electron chi connectivity index (χ1n) is 8.00. The smallest absolute Gasteiger partial charge is 0.408 e. The molecule has 0 aromatic rings. The van der Waals surface area contributed by atoms with Crippen molar-refractivity contribution in [3.05, 3.63) is 12.7 Å². The summed E-state index contributed by atoms with van der Waals surface area (Å²) in [6.45, 7) is 8.71. The van der Waals surface area contributed by atoms with E-state index in [-0.39, 0.29) is 5.78 Å². The van der Waals surface area contributed by atoms with Crippen LogP contribution in [0.5, 0.6) is 0 Å². The molecule has 0 spiro atoms. The summed E-state index contributed by atoms with van der Waals surface area (Å²) in [7, 11) is 0. The number of aliphatic carboxylic acids is 1. The molecule has 0 saturated carbocycles. The number of Topliss-reactive ketones (excluding diaryl/α,β-unsaturated/α-hetero) is 1. The van der Waals surface area contributed by atoms with Gasteiger partial charge in [-0.25, -0.2) is 9.59 Å². The number of carboxylic acids is 1. The van der Waals surface area contributed by atoms with Crippen LogP contribution in [0.1, 0.15) is 65.7 Å². The zero-order valence-electron chi connectivity index (χ0n) is 14.4. The molecule has 0 rings (SSSR count). The van der Waals surface area contributed by atoms with E-state index in [4.69, 9.17) is 9.84 Å². The van der Waals surface area contributed by atoms with Gasteiger partial charge in [0, 0.05) is 12.8 Å². The highest BCUT2D eigenvalue weighted by Crippen LogP contribution is 2.10. The normalized spacial score (nSPS) is 12.3. The molecule has 0 bridgehead atoms. The van der Waals surface area contributed by atoms with E-state index in [0.29, 0.717) is 32.1 Å². The Hall–Kier alpha value is -1.85. The fourth-order valence-electron chi connectivity index (χ4n) is 1.94. The average molecular weight is 327 g/mol. The lowest BCUT2D eigenvalue weighted by Crippen LogP contribution is -2.43. The van der Waals surface area contributed by atoms with Crippen LogP contribution in [0, 0.1) is 0 Å². The SMILES string of the molecule is C=CCCC(=O)CCCCC[C@H](NC(=O)OC(C)(C)C)C(=O)O. The van der Waals surface area contributed by atoms with Crippen LogP contribution in [0.15, 0.2) is 12.7 Å². The number of ether oxygens (including phenoxy) is 1. The lowest BCUT2D eigenvalue weighted by molar-refractivity contribution is -0.139. The van der Waals surface area contributed by atoms with E-state index in [9.17, 15) is 14.4 Å². The maximum absolute atomic E-state index is 11.6. The largest absolute Gasteiger partial charge is 0.480 e. The minimum absolute atomic E-state index is 0.201. The first-order valence-corrected chi connectivity index (χ1v) is 8.00. The van der Waals surface area contributed by atoms with Crippen LogP contribution < -0.4 is 5.32 Å².